The van der Waals surface area contributed by atoms with E-state index in [-0.39, 0.29) is 12.0 Å². The van der Waals surface area contributed by atoms with Gasteiger partial charge in [-0.3, -0.25) is 4.79 Å². The zero-order valence-corrected chi connectivity index (χ0v) is 21.4. The third-order valence-corrected chi connectivity index (χ3v) is 8.22. The molecule has 2 bridgehead atoms. The number of carbonyl (C=O) groups is 1. The van der Waals surface area contributed by atoms with E-state index in [2.05, 4.69) is 23.8 Å². The van der Waals surface area contributed by atoms with Gasteiger partial charge in [0.2, 0.25) is 0 Å². The molecule has 35 heavy (non-hydrogen) atoms. The van der Waals surface area contributed by atoms with Crippen LogP contribution in [0.5, 0.6) is 5.75 Å². The van der Waals surface area contributed by atoms with Crippen LogP contribution in [0.15, 0.2) is 36.4 Å². The first-order valence-corrected chi connectivity index (χ1v) is 13.0. The summed E-state index contributed by atoms with van der Waals surface area (Å²) in [5, 5.41) is 10.7. The van der Waals surface area contributed by atoms with Gasteiger partial charge in [-0.25, -0.2) is 0 Å². The Balaban J connectivity index is 1.29. The van der Waals surface area contributed by atoms with Crippen molar-refractivity contribution in [3.8, 4) is 17.6 Å². The predicted molar refractivity (Wildman–Crippen MR) is 139 cm³/mol. The van der Waals surface area contributed by atoms with Crippen molar-refractivity contribution < 1.29 is 14.6 Å². The molecule has 1 N–H and O–H groups in total. The molecule has 1 unspecified atom stereocenters. The number of hydrogen-bond acceptors (Lipinski definition) is 4. The van der Waals surface area contributed by atoms with Crippen LogP contribution in [-0.2, 0) is 6.42 Å². The van der Waals surface area contributed by atoms with Crippen LogP contribution in [-0.4, -0.2) is 53.3 Å². The van der Waals surface area contributed by atoms with Gasteiger partial charge in [0.25, 0.3) is 5.91 Å². The smallest absolute Gasteiger partial charge is 0.258 e. The van der Waals surface area contributed by atoms with Gasteiger partial charge in [0, 0.05) is 35.4 Å². The first-order valence-electron chi connectivity index (χ1n) is 12.6. The normalized spacial score (nSPS) is 25.5. The molecule has 3 heterocycles. The molecule has 0 spiro atoms. The van der Waals surface area contributed by atoms with E-state index in [1.54, 1.807) is 11.8 Å². The minimum Gasteiger partial charge on any atom is -0.489 e. The van der Waals surface area contributed by atoms with Crippen LogP contribution in [0, 0.1) is 11.8 Å². The summed E-state index contributed by atoms with van der Waals surface area (Å²) in [7, 11) is 2.22. The quantitative estimate of drug-likeness (QED) is 0.606. The Labute approximate surface area is 213 Å². The number of aliphatic hydroxyl groups is 1. The van der Waals surface area contributed by atoms with E-state index in [4.69, 9.17) is 16.3 Å². The second kappa shape index (κ2) is 9.50. The summed E-state index contributed by atoms with van der Waals surface area (Å²) in [4.78, 5) is 17.6. The molecule has 3 aliphatic heterocycles. The number of rotatable bonds is 4. The molecular weight excluding hydrogens is 460 g/mol. The monoisotopic (exact) mass is 492 g/mol. The van der Waals surface area contributed by atoms with Crippen molar-refractivity contribution in [2.24, 2.45) is 0 Å². The molecule has 5 nitrogen and oxygen atoms in total. The molecule has 0 saturated carbocycles. The number of hydrogen-bond donors (Lipinski definition) is 1. The number of fused-ring (bicyclic) bond motifs is 3. The number of benzene rings is 2. The van der Waals surface area contributed by atoms with Crippen LogP contribution in [0.25, 0.3) is 0 Å². The average molecular weight is 493 g/mol. The van der Waals surface area contributed by atoms with Crippen molar-refractivity contribution in [2.45, 2.75) is 76.2 Å². The van der Waals surface area contributed by atoms with Crippen LogP contribution in [0.4, 0.5) is 5.69 Å². The van der Waals surface area contributed by atoms with Crippen LogP contribution in [0.2, 0.25) is 5.02 Å². The lowest BCUT2D eigenvalue weighted by Crippen LogP contribution is -2.43. The Morgan fingerprint density at radius 3 is 2.60 bits per heavy atom. The molecule has 2 aromatic carbocycles. The first-order chi connectivity index (χ1) is 16.7. The second-order valence-electron chi connectivity index (χ2n) is 10.3. The fraction of sp³-hybridized carbons (Fsp3) is 0.483. The van der Waals surface area contributed by atoms with Crippen molar-refractivity contribution in [1.29, 1.82) is 0 Å². The summed E-state index contributed by atoms with van der Waals surface area (Å²) in [5.41, 5.74) is 2.25. The summed E-state index contributed by atoms with van der Waals surface area (Å²) >= 11 is 6.63. The summed E-state index contributed by atoms with van der Waals surface area (Å²) in [6.07, 6.45) is 6.05. The van der Waals surface area contributed by atoms with Crippen LogP contribution >= 0.6 is 11.6 Å². The van der Waals surface area contributed by atoms with E-state index >= 15 is 0 Å². The van der Waals surface area contributed by atoms with E-state index in [0.717, 1.165) is 36.1 Å². The molecule has 0 radical (unpaired) electrons. The third-order valence-electron chi connectivity index (χ3n) is 7.93. The van der Waals surface area contributed by atoms with Gasteiger partial charge in [-0.1, -0.05) is 30.4 Å². The maximum atomic E-state index is 13.3. The average Bonchev–Trinajstić information content (AvgIpc) is 3.04. The molecule has 0 aliphatic carbocycles. The van der Waals surface area contributed by atoms with Crippen molar-refractivity contribution in [2.75, 3.05) is 18.5 Å². The largest absolute Gasteiger partial charge is 0.489 e. The summed E-state index contributed by atoms with van der Waals surface area (Å²) in [6, 6.07) is 12.5. The van der Waals surface area contributed by atoms with Gasteiger partial charge < -0.3 is 19.6 Å². The molecule has 184 valence electrons. The third kappa shape index (κ3) is 4.93. The second-order valence-corrected chi connectivity index (χ2v) is 10.7. The molecule has 3 aliphatic rings. The molecule has 1 amide bonds. The Bertz CT molecular complexity index is 1180. The highest BCUT2D eigenvalue weighted by Gasteiger charge is 2.39. The van der Waals surface area contributed by atoms with Crippen LogP contribution < -0.4 is 9.64 Å². The minimum absolute atomic E-state index is 0.0389. The molecule has 5 rings (SSSR count). The number of ether oxygens (including phenoxy) is 1. The maximum absolute atomic E-state index is 13.3. The van der Waals surface area contributed by atoms with Gasteiger partial charge in [0.15, 0.2) is 0 Å². The molecule has 2 aromatic rings. The van der Waals surface area contributed by atoms with Crippen molar-refractivity contribution in [1.82, 2.24) is 4.90 Å². The molecule has 2 fully saturated rings. The van der Waals surface area contributed by atoms with E-state index in [1.807, 2.05) is 43.3 Å². The number of nitrogens with zero attached hydrogens (tertiary/aromatic N) is 2. The molecule has 6 heteroatoms. The molecule has 2 saturated heterocycles. The Morgan fingerprint density at radius 2 is 1.91 bits per heavy atom. The molecule has 4 atom stereocenters. The number of carbonyl (C=O) groups excluding carboxylic acids is 1. The van der Waals surface area contributed by atoms with Crippen LogP contribution in [0.1, 0.15) is 67.4 Å². The highest BCUT2D eigenvalue weighted by atomic mass is 35.5. The van der Waals surface area contributed by atoms with Crippen molar-refractivity contribution >= 4 is 23.2 Å². The minimum atomic E-state index is -1.01. The Kier molecular flexibility index (Phi) is 6.57. The SMILES string of the molecule is CCC(C)(O)C#Cc1ccc2c(c1)CCN(c1ccc(O[C@H]3C[C@H]4CC[C@@H](C3)N4C)c(Cl)c1)C2=O. The van der Waals surface area contributed by atoms with E-state index in [1.165, 1.54) is 12.8 Å². The number of amides is 1. The van der Waals surface area contributed by atoms with E-state index in [0.29, 0.717) is 41.4 Å². The zero-order valence-electron chi connectivity index (χ0n) is 20.7. The number of halogens is 1. The summed E-state index contributed by atoms with van der Waals surface area (Å²) in [6.45, 7) is 4.18. The lowest BCUT2D eigenvalue weighted by Gasteiger charge is -2.36. The standard InChI is InChI=1S/C29H33ClN2O3/c1-4-29(2,34)13-11-19-5-9-25-20(15-19)12-14-32(28(25)33)23-8-10-27(26(30)18-23)35-24-16-21-6-7-22(17-24)31(21)3/h5,8-10,15,18,21-22,24,34H,4,6-7,12,14,16-17H2,1-3H3/t21-,22+,24+,29?. The van der Waals surface area contributed by atoms with Gasteiger partial charge in [0.1, 0.15) is 17.5 Å². The highest BCUT2D eigenvalue weighted by Crippen LogP contribution is 2.38. The van der Waals surface area contributed by atoms with Gasteiger partial charge in [-0.15, -0.1) is 0 Å². The lowest BCUT2D eigenvalue weighted by atomic mass is 9.95. The summed E-state index contributed by atoms with van der Waals surface area (Å²) < 4.78 is 6.32. The van der Waals surface area contributed by atoms with Crippen molar-refractivity contribution in [3.05, 3.63) is 58.1 Å². The van der Waals surface area contributed by atoms with E-state index in [9.17, 15) is 9.90 Å². The Hall–Kier alpha value is -2.52. The fourth-order valence-corrected chi connectivity index (χ4v) is 5.72. The number of piperidine rings is 1. The topological polar surface area (TPSA) is 53.0 Å². The maximum Gasteiger partial charge on any atom is 0.258 e. The number of anilines is 1. The van der Waals surface area contributed by atoms with Crippen molar-refractivity contribution in [3.63, 3.8) is 0 Å². The predicted octanol–water partition coefficient (Wildman–Crippen LogP) is 5.06. The molecule has 0 aromatic heterocycles. The molecular formula is C29H33ClN2O3. The van der Waals surface area contributed by atoms with Gasteiger partial charge in [0.05, 0.1) is 5.02 Å². The highest BCUT2D eigenvalue weighted by molar-refractivity contribution is 6.32. The Morgan fingerprint density at radius 1 is 1.17 bits per heavy atom. The first kappa shape index (κ1) is 24.2. The zero-order chi connectivity index (χ0) is 24.7. The fourth-order valence-electron chi connectivity index (χ4n) is 5.50. The lowest BCUT2D eigenvalue weighted by molar-refractivity contribution is 0.0662. The summed E-state index contributed by atoms with van der Waals surface area (Å²) in [5.74, 6) is 6.61. The van der Waals surface area contributed by atoms with Gasteiger partial charge in [-0.05, 0) is 94.5 Å². The van der Waals surface area contributed by atoms with Gasteiger partial charge in [-0.2, -0.15) is 0 Å². The van der Waals surface area contributed by atoms with Crippen LogP contribution in [0.3, 0.4) is 0 Å². The van der Waals surface area contributed by atoms with Gasteiger partial charge >= 0.3 is 0 Å². The van der Waals surface area contributed by atoms with E-state index < -0.39 is 5.60 Å².